The maximum absolute atomic E-state index is 12.0. The van der Waals surface area contributed by atoms with Gasteiger partial charge in [-0.25, -0.2) is 0 Å². The highest BCUT2D eigenvalue weighted by Gasteiger charge is 2.68. The number of carbonyl (C=O) groups excluding carboxylic acids is 1. The first-order valence-electron chi connectivity index (χ1n) is 6.60. The Morgan fingerprint density at radius 1 is 1.50 bits per heavy atom. The Labute approximate surface area is 107 Å². The van der Waals surface area contributed by atoms with Crippen molar-refractivity contribution in [3.63, 3.8) is 0 Å². The van der Waals surface area contributed by atoms with Gasteiger partial charge in [0.1, 0.15) is 5.75 Å². The van der Waals surface area contributed by atoms with Gasteiger partial charge in [-0.1, -0.05) is 25.1 Å². The second kappa shape index (κ2) is 4.01. The predicted octanol–water partition coefficient (Wildman–Crippen LogP) is 2.54. The molecule has 1 heterocycles. The summed E-state index contributed by atoms with van der Waals surface area (Å²) in [7, 11) is 0. The molecule has 3 nitrogen and oxygen atoms in total. The van der Waals surface area contributed by atoms with Gasteiger partial charge in [-0.05, 0) is 25.3 Å². The number of ether oxygens (including phenoxy) is 2. The van der Waals surface area contributed by atoms with Crippen LogP contribution in [0.5, 0.6) is 5.75 Å². The second-order valence-electron chi connectivity index (χ2n) is 5.15. The van der Waals surface area contributed by atoms with Crippen molar-refractivity contribution in [2.45, 2.75) is 25.7 Å². The van der Waals surface area contributed by atoms with E-state index < -0.39 is 0 Å². The van der Waals surface area contributed by atoms with Crippen molar-refractivity contribution in [2.75, 3.05) is 13.2 Å². The molecule has 96 valence electrons. The van der Waals surface area contributed by atoms with Crippen molar-refractivity contribution >= 4 is 5.97 Å². The first-order chi connectivity index (χ1) is 8.71. The van der Waals surface area contributed by atoms with Crippen LogP contribution in [0.25, 0.3) is 0 Å². The number of hydrogen-bond acceptors (Lipinski definition) is 3. The number of esters is 1. The molecule has 1 aromatic carbocycles. The van der Waals surface area contributed by atoms with Gasteiger partial charge in [-0.3, -0.25) is 4.79 Å². The normalized spacial score (nSPS) is 32.6. The Balaban J connectivity index is 1.96. The third-order valence-electron chi connectivity index (χ3n) is 4.46. The lowest BCUT2D eigenvalue weighted by molar-refractivity contribution is -0.145. The predicted molar refractivity (Wildman–Crippen MR) is 67.5 cm³/mol. The number of rotatable bonds is 2. The molecule has 0 saturated heterocycles. The molecule has 1 aliphatic heterocycles. The molecule has 3 rings (SSSR count). The van der Waals surface area contributed by atoms with Crippen LogP contribution in [0, 0.1) is 11.8 Å². The van der Waals surface area contributed by atoms with Crippen molar-refractivity contribution < 1.29 is 14.3 Å². The summed E-state index contributed by atoms with van der Waals surface area (Å²) < 4.78 is 10.9. The number of benzene rings is 1. The summed E-state index contributed by atoms with van der Waals surface area (Å²) in [4.78, 5) is 12.0. The van der Waals surface area contributed by atoms with E-state index in [0.29, 0.717) is 19.1 Å². The minimum atomic E-state index is -0.0540. The highest BCUT2D eigenvalue weighted by atomic mass is 16.5. The SMILES string of the molecule is CCOC(=O)[C@@H]1[C@H](C)[C@]12CCOc1ccccc12. The molecule has 3 heteroatoms. The Morgan fingerprint density at radius 3 is 3.06 bits per heavy atom. The van der Waals surface area contributed by atoms with E-state index in [4.69, 9.17) is 9.47 Å². The van der Waals surface area contributed by atoms with Gasteiger partial charge in [0.2, 0.25) is 0 Å². The molecule has 1 aliphatic carbocycles. The fraction of sp³-hybridized carbons (Fsp3) is 0.533. The molecular weight excluding hydrogens is 228 g/mol. The smallest absolute Gasteiger partial charge is 0.310 e. The van der Waals surface area contributed by atoms with Crippen molar-refractivity contribution in [3.05, 3.63) is 29.8 Å². The van der Waals surface area contributed by atoms with E-state index >= 15 is 0 Å². The largest absolute Gasteiger partial charge is 0.493 e. The lowest BCUT2D eigenvalue weighted by Crippen LogP contribution is -2.25. The molecule has 0 aromatic heterocycles. The van der Waals surface area contributed by atoms with Crippen LogP contribution in [0.1, 0.15) is 25.8 Å². The highest BCUT2D eigenvalue weighted by Crippen LogP contribution is 2.65. The summed E-state index contributed by atoms with van der Waals surface area (Å²) in [5, 5.41) is 0. The monoisotopic (exact) mass is 246 g/mol. The van der Waals surface area contributed by atoms with Crippen LogP contribution in [0.15, 0.2) is 24.3 Å². The third kappa shape index (κ3) is 1.39. The van der Waals surface area contributed by atoms with E-state index in [1.54, 1.807) is 0 Å². The molecule has 2 aliphatic rings. The number of para-hydroxylation sites is 1. The molecule has 18 heavy (non-hydrogen) atoms. The van der Waals surface area contributed by atoms with Gasteiger partial charge in [0.25, 0.3) is 0 Å². The van der Waals surface area contributed by atoms with Crippen molar-refractivity contribution in [1.29, 1.82) is 0 Å². The van der Waals surface area contributed by atoms with Crippen LogP contribution < -0.4 is 4.74 Å². The lowest BCUT2D eigenvalue weighted by atomic mass is 9.86. The topological polar surface area (TPSA) is 35.5 Å². The average Bonchev–Trinajstić information content (AvgIpc) is 2.96. The fourth-order valence-electron chi connectivity index (χ4n) is 3.51. The third-order valence-corrected chi connectivity index (χ3v) is 4.46. The summed E-state index contributed by atoms with van der Waals surface area (Å²) in [5.74, 6) is 1.23. The Hall–Kier alpha value is -1.51. The zero-order chi connectivity index (χ0) is 12.8. The molecule has 3 atom stereocenters. The zero-order valence-electron chi connectivity index (χ0n) is 10.8. The molecule has 0 unspecified atom stereocenters. The Bertz CT molecular complexity index is 482. The first-order valence-corrected chi connectivity index (χ1v) is 6.60. The van der Waals surface area contributed by atoms with Crippen LogP contribution in [0.2, 0.25) is 0 Å². The van der Waals surface area contributed by atoms with Gasteiger partial charge >= 0.3 is 5.97 Å². The Morgan fingerprint density at radius 2 is 2.28 bits per heavy atom. The van der Waals surface area contributed by atoms with E-state index in [2.05, 4.69) is 13.0 Å². The summed E-state index contributed by atoms with van der Waals surface area (Å²) in [6.45, 7) is 5.15. The number of hydrogen-bond donors (Lipinski definition) is 0. The summed E-state index contributed by atoms with van der Waals surface area (Å²) >= 11 is 0. The molecule has 1 aromatic rings. The van der Waals surface area contributed by atoms with Crippen LogP contribution in [-0.2, 0) is 14.9 Å². The molecule has 0 amide bonds. The van der Waals surface area contributed by atoms with Crippen LogP contribution >= 0.6 is 0 Å². The highest BCUT2D eigenvalue weighted by molar-refractivity contribution is 5.80. The first kappa shape index (κ1) is 11.6. The second-order valence-corrected chi connectivity index (χ2v) is 5.15. The van der Waals surface area contributed by atoms with E-state index in [1.807, 2.05) is 25.1 Å². The minimum Gasteiger partial charge on any atom is -0.493 e. The summed E-state index contributed by atoms with van der Waals surface area (Å²) in [6.07, 6.45) is 0.911. The van der Waals surface area contributed by atoms with Gasteiger partial charge in [-0.2, -0.15) is 0 Å². The average molecular weight is 246 g/mol. The van der Waals surface area contributed by atoms with Gasteiger partial charge < -0.3 is 9.47 Å². The van der Waals surface area contributed by atoms with Crippen molar-refractivity contribution in [3.8, 4) is 5.75 Å². The van der Waals surface area contributed by atoms with Gasteiger partial charge in [-0.15, -0.1) is 0 Å². The zero-order valence-corrected chi connectivity index (χ0v) is 10.8. The van der Waals surface area contributed by atoms with Crippen molar-refractivity contribution in [1.82, 2.24) is 0 Å². The van der Waals surface area contributed by atoms with Crippen LogP contribution in [-0.4, -0.2) is 19.2 Å². The fourth-order valence-corrected chi connectivity index (χ4v) is 3.51. The molecule has 1 saturated carbocycles. The Kier molecular flexibility index (Phi) is 2.58. The van der Waals surface area contributed by atoms with Gasteiger partial charge in [0.05, 0.1) is 19.1 Å². The van der Waals surface area contributed by atoms with Gasteiger partial charge in [0.15, 0.2) is 0 Å². The summed E-state index contributed by atoms with van der Waals surface area (Å²) in [6, 6.07) is 8.07. The van der Waals surface area contributed by atoms with Crippen molar-refractivity contribution in [2.24, 2.45) is 11.8 Å². The standard InChI is InChI=1S/C15H18O3/c1-3-17-14(16)13-10(2)15(13)8-9-18-12-7-5-4-6-11(12)15/h4-7,10,13H,3,8-9H2,1-2H3/t10-,13-,15-/m0/s1. The number of fused-ring (bicyclic) bond motifs is 2. The molecule has 0 N–H and O–H groups in total. The molecule has 1 spiro atoms. The van der Waals surface area contributed by atoms with Crippen LogP contribution in [0.4, 0.5) is 0 Å². The molecule has 1 fully saturated rings. The maximum atomic E-state index is 12.0. The number of carbonyl (C=O) groups is 1. The van der Waals surface area contributed by atoms with Crippen LogP contribution in [0.3, 0.4) is 0 Å². The maximum Gasteiger partial charge on any atom is 0.310 e. The molecule has 0 radical (unpaired) electrons. The lowest BCUT2D eigenvalue weighted by Gasteiger charge is -2.27. The van der Waals surface area contributed by atoms with E-state index in [0.717, 1.165) is 12.2 Å². The summed E-state index contributed by atoms with van der Waals surface area (Å²) in [5.41, 5.74) is 1.14. The quantitative estimate of drug-likeness (QED) is 0.752. The van der Waals surface area contributed by atoms with E-state index in [9.17, 15) is 4.79 Å². The van der Waals surface area contributed by atoms with E-state index in [1.165, 1.54) is 5.56 Å². The minimum absolute atomic E-state index is 0.00231. The van der Waals surface area contributed by atoms with E-state index in [-0.39, 0.29) is 17.3 Å². The molecule has 0 bridgehead atoms. The molecular formula is C15H18O3. The van der Waals surface area contributed by atoms with Gasteiger partial charge in [0, 0.05) is 11.0 Å².